The van der Waals surface area contributed by atoms with Crippen LogP contribution in [-0.4, -0.2) is 26.4 Å². The van der Waals surface area contributed by atoms with E-state index in [1.165, 1.54) is 28.1 Å². The number of nitrogens with one attached hydrogen (secondary N) is 1. The molecule has 0 aliphatic heterocycles. The zero-order valence-corrected chi connectivity index (χ0v) is 19.0. The van der Waals surface area contributed by atoms with Crippen molar-refractivity contribution in [2.75, 3.05) is 11.1 Å². The molecule has 1 aromatic heterocycles. The SMILES string of the molecule is CCn1c(Cc2cccc3ccccc23)nnc1SCC(=O)Nc1ccc(C)c(Cl)c1. The van der Waals surface area contributed by atoms with Gasteiger partial charge in [-0.05, 0) is 47.9 Å². The van der Waals surface area contributed by atoms with Crippen LogP contribution in [0.4, 0.5) is 5.69 Å². The molecule has 0 aliphatic rings. The van der Waals surface area contributed by atoms with Crippen LogP contribution in [-0.2, 0) is 17.8 Å². The fourth-order valence-corrected chi connectivity index (χ4v) is 4.49. The third kappa shape index (κ3) is 4.92. The number of hydrogen-bond donors (Lipinski definition) is 1. The van der Waals surface area contributed by atoms with Crippen LogP contribution in [0.25, 0.3) is 10.8 Å². The highest BCUT2D eigenvalue weighted by atomic mass is 35.5. The molecule has 1 heterocycles. The van der Waals surface area contributed by atoms with Gasteiger partial charge in [0, 0.05) is 23.7 Å². The molecule has 0 saturated carbocycles. The third-order valence-electron chi connectivity index (χ3n) is 5.13. The molecule has 0 spiro atoms. The van der Waals surface area contributed by atoms with Gasteiger partial charge in [-0.3, -0.25) is 4.79 Å². The lowest BCUT2D eigenvalue weighted by atomic mass is 10.0. The van der Waals surface area contributed by atoms with Gasteiger partial charge in [0.25, 0.3) is 0 Å². The van der Waals surface area contributed by atoms with E-state index in [9.17, 15) is 4.79 Å². The molecule has 31 heavy (non-hydrogen) atoms. The van der Waals surface area contributed by atoms with E-state index in [1.54, 1.807) is 6.07 Å². The molecule has 3 aromatic carbocycles. The number of anilines is 1. The molecule has 4 aromatic rings. The van der Waals surface area contributed by atoms with Crippen molar-refractivity contribution in [1.29, 1.82) is 0 Å². The first-order valence-corrected chi connectivity index (χ1v) is 11.5. The summed E-state index contributed by atoms with van der Waals surface area (Å²) in [7, 11) is 0. The van der Waals surface area contributed by atoms with Gasteiger partial charge in [-0.2, -0.15) is 0 Å². The molecule has 0 saturated heterocycles. The van der Waals surface area contributed by atoms with Crippen LogP contribution in [0.5, 0.6) is 0 Å². The van der Waals surface area contributed by atoms with Gasteiger partial charge >= 0.3 is 0 Å². The van der Waals surface area contributed by atoms with E-state index < -0.39 is 0 Å². The lowest BCUT2D eigenvalue weighted by Gasteiger charge is -2.10. The predicted molar refractivity (Wildman–Crippen MR) is 128 cm³/mol. The summed E-state index contributed by atoms with van der Waals surface area (Å²) >= 11 is 7.52. The van der Waals surface area contributed by atoms with Gasteiger partial charge in [0.05, 0.1) is 5.75 Å². The maximum Gasteiger partial charge on any atom is 0.234 e. The summed E-state index contributed by atoms with van der Waals surface area (Å²) in [4.78, 5) is 12.4. The summed E-state index contributed by atoms with van der Waals surface area (Å²) in [5.41, 5.74) is 2.88. The number of fused-ring (bicyclic) bond motifs is 1. The molecule has 5 nitrogen and oxygen atoms in total. The topological polar surface area (TPSA) is 59.8 Å². The Bertz CT molecular complexity index is 1230. The Morgan fingerprint density at radius 3 is 2.71 bits per heavy atom. The lowest BCUT2D eigenvalue weighted by molar-refractivity contribution is -0.113. The second-order valence-electron chi connectivity index (χ2n) is 7.26. The number of aryl methyl sites for hydroxylation is 1. The zero-order chi connectivity index (χ0) is 21.8. The van der Waals surface area contributed by atoms with Crippen molar-refractivity contribution in [3.63, 3.8) is 0 Å². The summed E-state index contributed by atoms with van der Waals surface area (Å²) in [6.45, 7) is 4.73. The fraction of sp³-hybridized carbons (Fsp3) is 0.208. The van der Waals surface area contributed by atoms with E-state index in [4.69, 9.17) is 11.6 Å². The molecular formula is C24H23ClN4OS. The van der Waals surface area contributed by atoms with Crippen LogP contribution in [0.2, 0.25) is 5.02 Å². The van der Waals surface area contributed by atoms with Crippen molar-refractivity contribution < 1.29 is 4.79 Å². The summed E-state index contributed by atoms with van der Waals surface area (Å²) in [6.07, 6.45) is 0.691. The van der Waals surface area contributed by atoms with Crippen LogP contribution < -0.4 is 5.32 Å². The van der Waals surface area contributed by atoms with Gasteiger partial charge in [0.1, 0.15) is 5.82 Å². The van der Waals surface area contributed by atoms with Gasteiger partial charge in [-0.1, -0.05) is 71.9 Å². The van der Waals surface area contributed by atoms with Gasteiger partial charge < -0.3 is 9.88 Å². The molecule has 0 aliphatic carbocycles. The van der Waals surface area contributed by atoms with Crippen molar-refractivity contribution in [3.05, 3.63) is 82.6 Å². The number of benzene rings is 3. The minimum Gasteiger partial charge on any atom is -0.325 e. The highest BCUT2D eigenvalue weighted by Gasteiger charge is 2.15. The predicted octanol–water partition coefficient (Wildman–Crippen LogP) is 5.73. The molecule has 7 heteroatoms. The standard InChI is InChI=1S/C24H23ClN4OS/c1-3-29-22(13-18-9-6-8-17-7-4-5-10-20(17)18)27-28-24(29)31-15-23(30)26-19-12-11-16(2)21(25)14-19/h4-12,14H,3,13,15H2,1-2H3,(H,26,30). The Kier molecular flexibility index (Phi) is 6.59. The van der Waals surface area contributed by atoms with Crippen molar-refractivity contribution in [2.24, 2.45) is 0 Å². The van der Waals surface area contributed by atoms with Crippen molar-refractivity contribution >= 4 is 45.7 Å². The Morgan fingerprint density at radius 2 is 1.90 bits per heavy atom. The molecule has 0 unspecified atom stereocenters. The first kappa shape index (κ1) is 21.4. The number of hydrogen-bond acceptors (Lipinski definition) is 4. The minimum absolute atomic E-state index is 0.105. The largest absolute Gasteiger partial charge is 0.325 e. The number of thioether (sulfide) groups is 1. The van der Waals surface area contributed by atoms with E-state index in [-0.39, 0.29) is 11.7 Å². The van der Waals surface area contributed by atoms with Crippen LogP contribution in [0.1, 0.15) is 23.9 Å². The van der Waals surface area contributed by atoms with Crippen molar-refractivity contribution in [2.45, 2.75) is 32.0 Å². The summed E-state index contributed by atoms with van der Waals surface area (Å²) in [6, 6.07) is 20.2. The Hall–Kier alpha value is -2.83. The Labute approximate surface area is 190 Å². The smallest absolute Gasteiger partial charge is 0.234 e. The minimum atomic E-state index is -0.105. The van der Waals surface area contributed by atoms with Crippen LogP contribution in [0, 0.1) is 6.92 Å². The fourth-order valence-electron chi connectivity index (χ4n) is 3.49. The van der Waals surface area contributed by atoms with Gasteiger partial charge in [0.15, 0.2) is 5.16 Å². The van der Waals surface area contributed by atoms with Crippen LogP contribution in [0.3, 0.4) is 0 Å². The van der Waals surface area contributed by atoms with E-state index in [0.717, 1.165) is 23.1 Å². The quantitative estimate of drug-likeness (QED) is 0.365. The first-order valence-electron chi connectivity index (χ1n) is 10.1. The van der Waals surface area contributed by atoms with E-state index in [2.05, 4.69) is 63.4 Å². The number of amides is 1. The first-order chi connectivity index (χ1) is 15.0. The van der Waals surface area contributed by atoms with Gasteiger partial charge in [0.2, 0.25) is 5.91 Å². The van der Waals surface area contributed by atoms with Crippen molar-refractivity contribution in [3.8, 4) is 0 Å². The normalized spacial score (nSPS) is 11.1. The van der Waals surface area contributed by atoms with Gasteiger partial charge in [-0.15, -0.1) is 10.2 Å². The molecule has 1 N–H and O–H groups in total. The van der Waals surface area contributed by atoms with E-state index >= 15 is 0 Å². The Morgan fingerprint density at radius 1 is 1.10 bits per heavy atom. The second kappa shape index (κ2) is 9.54. The maximum atomic E-state index is 12.4. The number of halogens is 1. The molecule has 4 rings (SSSR count). The molecule has 0 radical (unpaired) electrons. The average Bonchev–Trinajstić information content (AvgIpc) is 3.16. The molecule has 158 valence electrons. The highest BCUT2D eigenvalue weighted by molar-refractivity contribution is 7.99. The molecule has 0 bridgehead atoms. The monoisotopic (exact) mass is 450 g/mol. The Balaban J connectivity index is 1.45. The molecule has 1 amide bonds. The van der Waals surface area contributed by atoms with Crippen LogP contribution >= 0.6 is 23.4 Å². The van der Waals surface area contributed by atoms with E-state index in [1.807, 2.05) is 25.1 Å². The summed E-state index contributed by atoms with van der Waals surface area (Å²) < 4.78 is 2.07. The maximum absolute atomic E-state index is 12.4. The zero-order valence-electron chi connectivity index (χ0n) is 17.4. The molecule has 0 atom stereocenters. The number of carbonyl (C=O) groups excluding carboxylic acids is 1. The number of nitrogens with zero attached hydrogens (tertiary/aromatic N) is 3. The van der Waals surface area contributed by atoms with Crippen LogP contribution in [0.15, 0.2) is 65.8 Å². The second-order valence-corrected chi connectivity index (χ2v) is 8.61. The number of carbonyl (C=O) groups is 1. The highest BCUT2D eigenvalue weighted by Crippen LogP contribution is 2.24. The van der Waals surface area contributed by atoms with Gasteiger partial charge in [-0.25, -0.2) is 0 Å². The molecule has 0 fully saturated rings. The molecular weight excluding hydrogens is 428 g/mol. The van der Waals surface area contributed by atoms with E-state index in [0.29, 0.717) is 17.1 Å². The van der Waals surface area contributed by atoms with Crippen molar-refractivity contribution in [1.82, 2.24) is 14.8 Å². The average molecular weight is 451 g/mol. The summed E-state index contributed by atoms with van der Waals surface area (Å²) in [5, 5.41) is 15.5. The number of aromatic nitrogens is 3. The summed E-state index contributed by atoms with van der Waals surface area (Å²) in [5.74, 6) is 1.04. The lowest BCUT2D eigenvalue weighted by Crippen LogP contribution is -2.14. The number of rotatable bonds is 7. The third-order valence-corrected chi connectivity index (χ3v) is 6.50.